The zero-order valence-corrected chi connectivity index (χ0v) is 11.6. The Bertz CT molecular complexity index is 557. The number of halogens is 3. The van der Waals surface area contributed by atoms with Crippen molar-refractivity contribution < 1.29 is 13.7 Å². The van der Waals surface area contributed by atoms with Crippen LogP contribution in [-0.4, -0.2) is 4.89 Å². The maximum Gasteiger partial charge on any atom is 0.134 e. The molecule has 0 radical (unpaired) electrons. The smallest absolute Gasteiger partial charge is 0.134 e. The first-order valence-electron chi connectivity index (χ1n) is 4.86. The van der Waals surface area contributed by atoms with Crippen molar-refractivity contribution in [3.8, 4) is 0 Å². The van der Waals surface area contributed by atoms with Gasteiger partial charge >= 0.3 is 0 Å². The molecule has 0 heterocycles. The van der Waals surface area contributed by atoms with Crippen LogP contribution in [0.2, 0.25) is 0 Å². The van der Waals surface area contributed by atoms with Crippen molar-refractivity contribution in [3.63, 3.8) is 0 Å². The summed E-state index contributed by atoms with van der Waals surface area (Å²) in [5.41, 5.74) is 0. The number of hydrogen-bond donors (Lipinski definition) is 1. The topological polar surface area (TPSA) is 20.2 Å². The van der Waals surface area contributed by atoms with E-state index in [9.17, 15) is 13.7 Å². The van der Waals surface area contributed by atoms with E-state index in [1.54, 1.807) is 12.1 Å². The van der Waals surface area contributed by atoms with E-state index in [1.165, 1.54) is 36.4 Å². The van der Waals surface area contributed by atoms with Gasteiger partial charge in [-0.3, -0.25) is 0 Å². The van der Waals surface area contributed by atoms with E-state index in [2.05, 4.69) is 0 Å². The maximum atomic E-state index is 13.6. The maximum absolute atomic E-state index is 13.6. The van der Waals surface area contributed by atoms with Crippen LogP contribution in [0.4, 0.5) is 8.78 Å². The lowest BCUT2D eigenvalue weighted by Gasteiger charge is -2.17. The van der Waals surface area contributed by atoms with Gasteiger partial charge in [0.2, 0.25) is 0 Å². The molecule has 0 aliphatic heterocycles. The second kappa shape index (κ2) is 5.89. The standard InChI is InChI=1S/C12H9F2OPS.ClH/c13-9-5-1-3-7-11(9)16(15,17)12-8-4-2-6-10(12)14;/h1-8H,(H,15,17);1H. The molecule has 0 bridgehead atoms. The molecule has 2 rings (SSSR count). The van der Waals surface area contributed by atoms with E-state index in [0.29, 0.717) is 0 Å². The van der Waals surface area contributed by atoms with Crippen LogP contribution in [0.1, 0.15) is 0 Å². The van der Waals surface area contributed by atoms with Crippen LogP contribution in [-0.2, 0) is 11.8 Å². The molecule has 2 aromatic carbocycles. The van der Waals surface area contributed by atoms with Gasteiger partial charge in [-0.15, -0.1) is 12.4 Å². The number of rotatable bonds is 2. The van der Waals surface area contributed by atoms with Crippen LogP contribution in [0, 0.1) is 11.6 Å². The Kier molecular flexibility index (Phi) is 5.00. The highest BCUT2D eigenvalue weighted by atomic mass is 35.5. The van der Waals surface area contributed by atoms with Crippen LogP contribution in [0.5, 0.6) is 0 Å². The van der Waals surface area contributed by atoms with Gasteiger partial charge in [-0.25, -0.2) is 8.78 Å². The third-order valence-electron chi connectivity index (χ3n) is 2.36. The number of hydrogen-bond acceptors (Lipinski definition) is 1. The molecule has 0 fully saturated rings. The van der Waals surface area contributed by atoms with E-state index >= 15 is 0 Å². The fourth-order valence-corrected chi connectivity index (χ4v) is 3.98. The predicted octanol–water partition coefficient (Wildman–Crippen LogP) is 2.72. The molecule has 0 amide bonds. The van der Waals surface area contributed by atoms with Crippen molar-refractivity contribution in [2.45, 2.75) is 0 Å². The molecule has 96 valence electrons. The van der Waals surface area contributed by atoms with Gasteiger partial charge in [-0.05, 0) is 24.3 Å². The van der Waals surface area contributed by atoms with Crippen LogP contribution in [0.15, 0.2) is 48.5 Å². The van der Waals surface area contributed by atoms with Gasteiger partial charge < -0.3 is 4.89 Å². The Morgan fingerprint density at radius 1 is 0.833 bits per heavy atom. The lowest BCUT2D eigenvalue weighted by Crippen LogP contribution is -2.20. The van der Waals surface area contributed by atoms with Gasteiger partial charge in [0, 0.05) is 10.6 Å². The summed E-state index contributed by atoms with van der Waals surface area (Å²) >= 11 is 5.04. The highest BCUT2D eigenvalue weighted by Crippen LogP contribution is 2.40. The van der Waals surface area contributed by atoms with Crippen LogP contribution in [0.25, 0.3) is 0 Å². The van der Waals surface area contributed by atoms with Crippen LogP contribution < -0.4 is 10.6 Å². The normalized spacial score (nSPS) is 10.8. The third-order valence-corrected chi connectivity index (χ3v) is 5.57. The third kappa shape index (κ3) is 2.78. The van der Waals surface area contributed by atoms with Crippen molar-refractivity contribution in [1.82, 2.24) is 0 Å². The summed E-state index contributed by atoms with van der Waals surface area (Å²) in [7, 11) is 0. The van der Waals surface area contributed by atoms with Gasteiger partial charge in [0.1, 0.15) is 17.9 Å². The lowest BCUT2D eigenvalue weighted by molar-refractivity contribution is 0.612. The minimum Gasteiger partial charge on any atom is -0.358 e. The summed E-state index contributed by atoms with van der Waals surface area (Å²) in [4.78, 5) is 10.3. The molecule has 0 saturated heterocycles. The minimum absolute atomic E-state index is 0. The largest absolute Gasteiger partial charge is 0.358 e. The SMILES string of the molecule is Cl.OP(=S)(c1ccccc1F)c1ccccc1F. The van der Waals surface area contributed by atoms with E-state index in [-0.39, 0.29) is 23.0 Å². The second-order valence-electron chi connectivity index (χ2n) is 3.48. The molecule has 18 heavy (non-hydrogen) atoms. The first-order chi connectivity index (χ1) is 8.03. The molecule has 1 N–H and O–H groups in total. The lowest BCUT2D eigenvalue weighted by atomic mass is 10.3. The summed E-state index contributed by atoms with van der Waals surface area (Å²) in [6, 6.07) is 11.3. The Labute approximate surface area is 115 Å². The Hall–Kier alpha value is -0.800. The Balaban J connectivity index is 0.00000162. The fourth-order valence-electron chi connectivity index (χ4n) is 1.52. The molecule has 0 aliphatic carbocycles. The van der Waals surface area contributed by atoms with Crippen molar-refractivity contribution in [1.29, 1.82) is 0 Å². The minimum atomic E-state index is -3.39. The van der Waals surface area contributed by atoms with Crippen molar-refractivity contribution in [3.05, 3.63) is 60.2 Å². The average Bonchev–Trinajstić information content (AvgIpc) is 2.29. The molecule has 1 nitrogen and oxygen atoms in total. The van der Waals surface area contributed by atoms with Gasteiger partial charge in [-0.1, -0.05) is 36.1 Å². The molecule has 0 spiro atoms. The molecule has 2 aromatic rings. The van der Waals surface area contributed by atoms with E-state index in [0.717, 1.165) is 0 Å². The summed E-state index contributed by atoms with van der Waals surface area (Å²) in [6.45, 7) is 0. The second-order valence-corrected chi connectivity index (χ2v) is 7.18. The van der Waals surface area contributed by atoms with E-state index in [1.807, 2.05) is 0 Å². The van der Waals surface area contributed by atoms with E-state index in [4.69, 9.17) is 11.8 Å². The predicted molar refractivity (Wildman–Crippen MR) is 75.8 cm³/mol. The molecule has 0 atom stereocenters. The molecule has 0 unspecified atom stereocenters. The first-order valence-corrected chi connectivity index (χ1v) is 7.62. The monoisotopic (exact) mass is 306 g/mol. The summed E-state index contributed by atoms with van der Waals surface area (Å²) in [6.07, 6.45) is -3.39. The van der Waals surface area contributed by atoms with Crippen LogP contribution >= 0.6 is 18.7 Å². The zero-order valence-electron chi connectivity index (χ0n) is 9.09. The van der Waals surface area contributed by atoms with Crippen molar-refractivity contribution in [2.75, 3.05) is 0 Å². The summed E-state index contributed by atoms with van der Waals surface area (Å²) < 4.78 is 27.2. The van der Waals surface area contributed by atoms with Crippen LogP contribution in [0.3, 0.4) is 0 Å². The number of benzene rings is 2. The molecular weight excluding hydrogens is 297 g/mol. The molecule has 6 heteroatoms. The first kappa shape index (κ1) is 15.3. The highest BCUT2D eigenvalue weighted by molar-refractivity contribution is 8.19. The molecule has 0 aromatic heterocycles. The van der Waals surface area contributed by atoms with Gasteiger partial charge in [0.25, 0.3) is 0 Å². The van der Waals surface area contributed by atoms with Gasteiger partial charge in [-0.2, -0.15) is 0 Å². The summed E-state index contributed by atoms with van der Waals surface area (Å²) in [5, 5.41) is -0.0276. The van der Waals surface area contributed by atoms with Crippen molar-refractivity contribution in [2.24, 2.45) is 0 Å². The molecular formula is C12H10ClF2OPS. The molecule has 0 saturated carbocycles. The van der Waals surface area contributed by atoms with Crippen molar-refractivity contribution >= 4 is 41.1 Å². The fraction of sp³-hybridized carbons (Fsp3) is 0. The van der Waals surface area contributed by atoms with Gasteiger partial charge in [0.05, 0.1) is 0 Å². The van der Waals surface area contributed by atoms with Gasteiger partial charge in [0.15, 0.2) is 0 Å². The molecule has 0 aliphatic rings. The Morgan fingerprint density at radius 2 is 1.17 bits per heavy atom. The summed E-state index contributed by atoms with van der Waals surface area (Å²) in [5.74, 6) is -1.22. The van der Waals surface area contributed by atoms with E-state index < -0.39 is 17.9 Å². The zero-order chi connectivity index (χ0) is 12.5. The quantitative estimate of drug-likeness (QED) is 0.861. The Morgan fingerprint density at radius 3 is 1.50 bits per heavy atom. The highest BCUT2D eigenvalue weighted by Gasteiger charge is 2.25. The average molecular weight is 307 g/mol.